The molecule has 1 aromatic carbocycles. The molecule has 1 fully saturated rings. The molecule has 2 rings (SSSR count). The van der Waals surface area contributed by atoms with Gasteiger partial charge in [-0.15, -0.1) is 11.6 Å². The van der Waals surface area contributed by atoms with Crippen LogP contribution in [0.25, 0.3) is 0 Å². The Morgan fingerprint density at radius 3 is 2.68 bits per heavy atom. The second-order valence-electron chi connectivity index (χ2n) is 5.33. The third kappa shape index (κ3) is 4.39. The van der Waals surface area contributed by atoms with E-state index in [-0.39, 0.29) is 5.38 Å². The Balaban J connectivity index is 1.98. The van der Waals surface area contributed by atoms with Gasteiger partial charge in [-0.3, -0.25) is 0 Å². The van der Waals surface area contributed by atoms with Gasteiger partial charge < -0.3 is 4.74 Å². The van der Waals surface area contributed by atoms with Crippen LogP contribution in [0.4, 0.5) is 0 Å². The standard InChI is InChI=1S/C16H22BrClO/c1-2-19-16-9-8-13(11-14(16)17)15(18)10-12-6-4-3-5-7-12/h8-9,11-12,15H,2-7,10H2,1H3. The van der Waals surface area contributed by atoms with Gasteiger partial charge in [-0.05, 0) is 52.9 Å². The van der Waals surface area contributed by atoms with Crippen LogP contribution in [-0.2, 0) is 0 Å². The quantitative estimate of drug-likeness (QED) is 0.586. The van der Waals surface area contributed by atoms with Crippen LogP contribution in [0.15, 0.2) is 22.7 Å². The van der Waals surface area contributed by atoms with Gasteiger partial charge in [0.15, 0.2) is 0 Å². The highest BCUT2D eigenvalue weighted by Crippen LogP contribution is 2.37. The molecule has 0 N–H and O–H groups in total. The van der Waals surface area contributed by atoms with E-state index in [0.29, 0.717) is 6.61 Å². The number of hydrogen-bond donors (Lipinski definition) is 0. The van der Waals surface area contributed by atoms with E-state index in [1.165, 1.54) is 37.7 Å². The summed E-state index contributed by atoms with van der Waals surface area (Å²) in [5.41, 5.74) is 1.20. The van der Waals surface area contributed by atoms with Gasteiger partial charge in [0, 0.05) is 0 Å². The van der Waals surface area contributed by atoms with Gasteiger partial charge in [0.05, 0.1) is 16.5 Å². The summed E-state index contributed by atoms with van der Waals surface area (Å²) in [6.45, 7) is 2.68. The van der Waals surface area contributed by atoms with Crippen LogP contribution >= 0.6 is 27.5 Å². The first kappa shape index (κ1) is 15.2. The van der Waals surface area contributed by atoms with Crippen LogP contribution in [0.2, 0.25) is 0 Å². The van der Waals surface area contributed by atoms with E-state index in [2.05, 4.69) is 28.1 Å². The Morgan fingerprint density at radius 1 is 1.32 bits per heavy atom. The van der Waals surface area contributed by atoms with Crippen molar-refractivity contribution in [3.8, 4) is 5.75 Å². The Kier molecular flexibility index (Phi) is 6.03. The molecule has 0 bridgehead atoms. The van der Waals surface area contributed by atoms with E-state index in [1.54, 1.807) is 0 Å². The Morgan fingerprint density at radius 2 is 2.05 bits per heavy atom. The molecule has 0 amide bonds. The number of halogens is 2. The highest BCUT2D eigenvalue weighted by atomic mass is 79.9. The fourth-order valence-electron chi connectivity index (χ4n) is 2.84. The van der Waals surface area contributed by atoms with Crippen molar-refractivity contribution in [2.45, 2.75) is 50.8 Å². The number of benzene rings is 1. The fourth-order valence-corrected chi connectivity index (χ4v) is 3.73. The van der Waals surface area contributed by atoms with Crippen molar-refractivity contribution in [2.24, 2.45) is 5.92 Å². The summed E-state index contributed by atoms with van der Waals surface area (Å²) >= 11 is 10.1. The predicted octanol–water partition coefficient (Wildman–Crippen LogP) is 6.10. The maximum absolute atomic E-state index is 6.58. The molecule has 1 unspecified atom stereocenters. The number of rotatable bonds is 5. The van der Waals surface area contributed by atoms with E-state index in [9.17, 15) is 0 Å². The Hall–Kier alpha value is -0.210. The average molecular weight is 346 g/mol. The third-order valence-electron chi connectivity index (χ3n) is 3.88. The van der Waals surface area contributed by atoms with E-state index < -0.39 is 0 Å². The summed E-state index contributed by atoms with van der Waals surface area (Å²) in [6.07, 6.45) is 7.95. The molecule has 1 nitrogen and oxygen atoms in total. The normalized spacial score (nSPS) is 18.3. The molecule has 0 aliphatic heterocycles. The lowest BCUT2D eigenvalue weighted by Crippen LogP contribution is -2.08. The molecular weight excluding hydrogens is 324 g/mol. The molecule has 3 heteroatoms. The molecule has 0 saturated heterocycles. The summed E-state index contributed by atoms with van der Waals surface area (Å²) in [5.74, 6) is 1.70. The van der Waals surface area contributed by atoms with Crippen molar-refractivity contribution >= 4 is 27.5 Å². The van der Waals surface area contributed by atoms with Crippen LogP contribution in [-0.4, -0.2) is 6.61 Å². The van der Waals surface area contributed by atoms with Crippen LogP contribution < -0.4 is 4.74 Å². The molecule has 0 radical (unpaired) electrons. The lowest BCUT2D eigenvalue weighted by molar-refractivity contribution is 0.334. The van der Waals surface area contributed by atoms with E-state index in [0.717, 1.165) is 22.6 Å². The maximum Gasteiger partial charge on any atom is 0.133 e. The van der Waals surface area contributed by atoms with Gasteiger partial charge >= 0.3 is 0 Å². The summed E-state index contributed by atoms with van der Waals surface area (Å²) in [7, 11) is 0. The minimum atomic E-state index is 0.120. The molecule has 1 saturated carbocycles. The van der Waals surface area contributed by atoms with Crippen molar-refractivity contribution in [3.63, 3.8) is 0 Å². The number of alkyl halides is 1. The summed E-state index contributed by atoms with van der Waals surface area (Å²) in [6, 6.07) is 6.21. The Labute approximate surface area is 129 Å². The molecule has 19 heavy (non-hydrogen) atoms. The van der Waals surface area contributed by atoms with Gasteiger partial charge in [0.1, 0.15) is 5.75 Å². The van der Waals surface area contributed by atoms with E-state index in [4.69, 9.17) is 16.3 Å². The van der Waals surface area contributed by atoms with Gasteiger partial charge in [0.25, 0.3) is 0 Å². The SMILES string of the molecule is CCOc1ccc(C(Cl)CC2CCCCC2)cc1Br. The lowest BCUT2D eigenvalue weighted by atomic mass is 9.85. The summed E-state index contributed by atoms with van der Waals surface area (Å²) in [4.78, 5) is 0. The largest absolute Gasteiger partial charge is 0.493 e. The van der Waals surface area contributed by atoms with Crippen molar-refractivity contribution < 1.29 is 4.74 Å². The first-order valence-electron chi connectivity index (χ1n) is 7.27. The zero-order valence-electron chi connectivity index (χ0n) is 11.5. The first-order valence-corrected chi connectivity index (χ1v) is 8.50. The Bertz CT molecular complexity index is 402. The minimum absolute atomic E-state index is 0.120. The molecule has 1 aliphatic carbocycles. The summed E-state index contributed by atoms with van der Waals surface area (Å²) < 4.78 is 6.53. The molecule has 1 aromatic rings. The fraction of sp³-hybridized carbons (Fsp3) is 0.625. The highest BCUT2D eigenvalue weighted by Gasteiger charge is 2.19. The average Bonchev–Trinajstić information content (AvgIpc) is 2.42. The van der Waals surface area contributed by atoms with Crippen LogP contribution in [0, 0.1) is 5.92 Å². The zero-order chi connectivity index (χ0) is 13.7. The number of ether oxygens (including phenoxy) is 1. The lowest BCUT2D eigenvalue weighted by Gasteiger charge is -2.24. The van der Waals surface area contributed by atoms with Crippen molar-refractivity contribution in [1.82, 2.24) is 0 Å². The van der Waals surface area contributed by atoms with Crippen molar-refractivity contribution in [1.29, 1.82) is 0 Å². The van der Waals surface area contributed by atoms with Crippen LogP contribution in [0.3, 0.4) is 0 Å². The predicted molar refractivity (Wildman–Crippen MR) is 85.1 cm³/mol. The number of hydrogen-bond acceptors (Lipinski definition) is 1. The van der Waals surface area contributed by atoms with E-state index in [1.807, 2.05) is 13.0 Å². The minimum Gasteiger partial charge on any atom is -0.493 e. The molecule has 106 valence electrons. The molecule has 0 aromatic heterocycles. The van der Waals surface area contributed by atoms with Crippen molar-refractivity contribution in [2.75, 3.05) is 6.61 Å². The third-order valence-corrected chi connectivity index (χ3v) is 4.93. The van der Waals surface area contributed by atoms with Crippen molar-refractivity contribution in [3.05, 3.63) is 28.2 Å². The van der Waals surface area contributed by atoms with Crippen LogP contribution in [0.5, 0.6) is 5.75 Å². The van der Waals surface area contributed by atoms with Crippen LogP contribution in [0.1, 0.15) is 56.4 Å². The second kappa shape index (κ2) is 7.54. The molecular formula is C16H22BrClO. The van der Waals surface area contributed by atoms with E-state index >= 15 is 0 Å². The molecule has 0 heterocycles. The highest BCUT2D eigenvalue weighted by molar-refractivity contribution is 9.10. The van der Waals surface area contributed by atoms with Gasteiger partial charge in [-0.1, -0.05) is 38.2 Å². The second-order valence-corrected chi connectivity index (χ2v) is 6.71. The van der Waals surface area contributed by atoms with Gasteiger partial charge in [0.2, 0.25) is 0 Å². The topological polar surface area (TPSA) is 9.23 Å². The molecule has 1 atom stereocenters. The summed E-state index contributed by atoms with van der Waals surface area (Å²) in [5, 5.41) is 0.120. The van der Waals surface area contributed by atoms with Gasteiger partial charge in [-0.25, -0.2) is 0 Å². The van der Waals surface area contributed by atoms with Gasteiger partial charge in [-0.2, -0.15) is 0 Å². The molecule has 1 aliphatic rings. The monoisotopic (exact) mass is 344 g/mol. The maximum atomic E-state index is 6.58. The first-order chi connectivity index (χ1) is 9.20. The zero-order valence-corrected chi connectivity index (χ0v) is 13.8. The molecule has 0 spiro atoms. The smallest absolute Gasteiger partial charge is 0.133 e.